The van der Waals surface area contributed by atoms with Crippen molar-refractivity contribution in [1.29, 1.82) is 0 Å². The van der Waals surface area contributed by atoms with Gasteiger partial charge in [0.05, 0.1) is 17.2 Å². The number of aliphatic hydroxyl groups is 1. The second-order valence-electron chi connectivity index (χ2n) is 3.03. The highest BCUT2D eigenvalue weighted by Crippen LogP contribution is 2.36. The van der Waals surface area contributed by atoms with Crippen molar-refractivity contribution in [3.8, 4) is 11.5 Å². The van der Waals surface area contributed by atoms with E-state index < -0.39 is 6.10 Å². The molecule has 0 aliphatic carbocycles. The summed E-state index contributed by atoms with van der Waals surface area (Å²) < 4.78 is 5.70. The molecule has 5 heteroatoms. The number of aliphatic hydroxyl groups excluding tert-OH is 1. The summed E-state index contributed by atoms with van der Waals surface area (Å²) in [5.41, 5.74) is 5.96. The molecule has 0 fully saturated rings. The molecule has 0 saturated heterocycles. The highest BCUT2D eigenvalue weighted by molar-refractivity contribution is 9.10. The maximum absolute atomic E-state index is 9.62. The topological polar surface area (TPSA) is 75.7 Å². The highest BCUT2D eigenvalue weighted by Gasteiger charge is 2.13. The van der Waals surface area contributed by atoms with Gasteiger partial charge < -0.3 is 20.7 Å². The van der Waals surface area contributed by atoms with Crippen LogP contribution in [0.3, 0.4) is 0 Å². The second kappa shape index (κ2) is 5.34. The molecule has 1 aromatic carbocycles. The molecular weight excluding hydrogens is 262 g/mol. The number of benzene rings is 1. The second-order valence-corrected chi connectivity index (χ2v) is 3.89. The van der Waals surface area contributed by atoms with E-state index in [2.05, 4.69) is 15.9 Å². The molecule has 1 rings (SSSR count). The number of ether oxygens (including phenoxy) is 1. The zero-order valence-corrected chi connectivity index (χ0v) is 9.99. The van der Waals surface area contributed by atoms with Crippen LogP contribution in [0.2, 0.25) is 0 Å². The Hall–Kier alpha value is -0.780. The summed E-state index contributed by atoms with van der Waals surface area (Å²) in [6.07, 6.45) is -0.749. The van der Waals surface area contributed by atoms with E-state index in [1.54, 1.807) is 12.1 Å². The molecule has 0 radical (unpaired) electrons. The van der Waals surface area contributed by atoms with Crippen molar-refractivity contribution in [3.63, 3.8) is 0 Å². The van der Waals surface area contributed by atoms with Crippen LogP contribution in [0.1, 0.15) is 18.6 Å². The largest absolute Gasteiger partial charge is 0.503 e. The minimum absolute atomic E-state index is 0.0322. The summed E-state index contributed by atoms with van der Waals surface area (Å²) in [7, 11) is 0. The Balaban J connectivity index is 3.11. The number of hydrogen-bond donors (Lipinski definition) is 3. The third-order valence-corrected chi connectivity index (χ3v) is 2.56. The Morgan fingerprint density at radius 1 is 1.53 bits per heavy atom. The molecule has 0 heterocycles. The number of aromatic hydroxyl groups is 1. The summed E-state index contributed by atoms with van der Waals surface area (Å²) in [5, 5.41) is 19.2. The van der Waals surface area contributed by atoms with E-state index >= 15 is 0 Å². The summed E-state index contributed by atoms with van der Waals surface area (Å²) in [4.78, 5) is 0. The highest BCUT2D eigenvalue weighted by atomic mass is 79.9. The van der Waals surface area contributed by atoms with Crippen molar-refractivity contribution in [2.75, 3.05) is 13.2 Å². The standard InChI is InChI=1S/C10H14BrNO3/c1-2-15-9-4-6(8(13)5-12)3-7(11)10(9)14/h3-4,8,13-14H,2,5,12H2,1H3/t8-/m0/s1. The van der Waals surface area contributed by atoms with E-state index in [-0.39, 0.29) is 12.3 Å². The van der Waals surface area contributed by atoms with E-state index in [1.165, 1.54) is 0 Å². The molecule has 0 aliphatic rings. The van der Waals surface area contributed by atoms with Gasteiger partial charge in [0.15, 0.2) is 11.5 Å². The number of halogens is 1. The van der Waals surface area contributed by atoms with Crippen molar-refractivity contribution < 1.29 is 14.9 Å². The van der Waals surface area contributed by atoms with Gasteiger partial charge in [-0.3, -0.25) is 0 Å². The fourth-order valence-corrected chi connectivity index (χ4v) is 1.65. The molecule has 15 heavy (non-hydrogen) atoms. The van der Waals surface area contributed by atoms with Crippen LogP contribution in [0.15, 0.2) is 16.6 Å². The lowest BCUT2D eigenvalue weighted by atomic mass is 10.1. The first-order valence-electron chi connectivity index (χ1n) is 4.63. The predicted molar refractivity (Wildman–Crippen MR) is 61.0 cm³/mol. The Bertz CT molecular complexity index is 344. The molecule has 0 amide bonds. The predicted octanol–water partition coefficient (Wildman–Crippen LogP) is 1.55. The number of hydrogen-bond acceptors (Lipinski definition) is 4. The minimum atomic E-state index is -0.749. The molecule has 84 valence electrons. The molecule has 0 aromatic heterocycles. The van der Waals surface area contributed by atoms with Gasteiger partial charge in [0.25, 0.3) is 0 Å². The van der Waals surface area contributed by atoms with Gasteiger partial charge in [-0.15, -0.1) is 0 Å². The zero-order chi connectivity index (χ0) is 11.4. The van der Waals surface area contributed by atoms with Crippen LogP contribution in [-0.4, -0.2) is 23.4 Å². The number of phenols is 1. The molecule has 1 atom stereocenters. The molecular formula is C10H14BrNO3. The fourth-order valence-electron chi connectivity index (χ4n) is 1.19. The summed E-state index contributed by atoms with van der Waals surface area (Å²) in [6, 6.07) is 3.20. The maximum Gasteiger partial charge on any atom is 0.172 e. The molecule has 0 bridgehead atoms. The lowest BCUT2D eigenvalue weighted by molar-refractivity contribution is 0.186. The van der Waals surface area contributed by atoms with Gasteiger partial charge in [-0.1, -0.05) is 0 Å². The zero-order valence-electron chi connectivity index (χ0n) is 8.40. The van der Waals surface area contributed by atoms with Crippen LogP contribution < -0.4 is 10.5 Å². The monoisotopic (exact) mass is 275 g/mol. The molecule has 1 aromatic rings. The van der Waals surface area contributed by atoms with Crippen molar-refractivity contribution in [1.82, 2.24) is 0 Å². The Kier molecular flexibility index (Phi) is 4.38. The fraction of sp³-hybridized carbons (Fsp3) is 0.400. The van der Waals surface area contributed by atoms with Crippen molar-refractivity contribution in [2.24, 2.45) is 5.73 Å². The van der Waals surface area contributed by atoms with Crippen LogP contribution in [-0.2, 0) is 0 Å². The average molecular weight is 276 g/mol. The summed E-state index contributed by atoms with van der Waals surface area (Å²) in [5.74, 6) is 0.374. The molecule has 4 nitrogen and oxygen atoms in total. The lowest BCUT2D eigenvalue weighted by Crippen LogP contribution is -2.11. The van der Waals surface area contributed by atoms with E-state index in [9.17, 15) is 10.2 Å². The Morgan fingerprint density at radius 3 is 2.73 bits per heavy atom. The van der Waals surface area contributed by atoms with Gasteiger partial charge in [-0.05, 0) is 40.5 Å². The van der Waals surface area contributed by atoms with Crippen molar-refractivity contribution >= 4 is 15.9 Å². The van der Waals surface area contributed by atoms with E-state index in [0.717, 1.165) is 0 Å². The number of phenolic OH excluding ortho intramolecular Hbond substituents is 1. The first kappa shape index (κ1) is 12.3. The van der Waals surface area contributed by atoms with Crippen molar-refractivity contribution in [3.05, 3.63) is 22.2 Å². The van der Waals surface area contributed by atoms with Crippen LogP contribution in [0.4, 0.5) is 0 Å². The first-order chi connectivity index (χ1) is 7.10. The van der Waals surface area contributed by atoms with E-state index in [1.807, 2.05) is 6.92 Å². The van der Waals surface area contributed by atoms with Gasteiger partial charge in [-0.2, -0.15) is 0 Å². The maximum atomic E-state index is 9.62. The van der Waals surface area contributed by atoms with E-state index in [0.29, 0.717) is 22.4 Å². The minimum Gasteiger partial charge on any atom is -0.503 e. The van der Waals surface area contributed by atoms with Gasteiger partial charge in [0.2, 0.25) is 0 Å². The van der Waals surface area contributed by atoms with Gasteiger partial charge in [0, 0.05) is 6.54 Å². The van der Waals surface area contributed by atoms with Crippen LogP contribution in [0, 0.1) is 0 Å². The van der Waals surface area contributed by atoms with Crippen LogP contribution in [0.25, 0.3) is 0 Å². The SMILES string of the molecule is CCOc1cc([C@@H](O)CN)cc(Br)c1O. The molecule has 0 unspecified atom stereocenters. The average Bonchev–Trinajstić information content (AvgIpc) is 2.23. The van der Waals surface area contributed by atoms with Crippen molar-refractivity contribution in [2.45, 2.75) is 13.0 Å². The number of nitrogens with two attached hydrogens (primary N) is 1. The third-order valence-electron chi connectivity index (χ3n) is 1.96. The first-order valence-corrected chi connectivity index (χ1v) is 5.42. The molecule has 0 saturated carbocycles. The normalized spacial score (nSPS) is 12.5. The molecule has 0 aliphatic heterocycles. The lowest BCUT2D eigenvalue weighted by Gasteiger charge is -2.13. The van der Waals surface area contributed by atoms with Gasteiger partial charge in [-0.25, -0.2) is 0 Å². The quantitative estimate of drug-likeness (QED) is 0.779. The summed E-state index contributed by atoms with van der Waals surface area (Å²) in [6.45, 7) is 2.39. The Morgan fingerprint density at radius 2 is 2.20 bits per heavy atom. The third kappa shape index (κ3) is 2.84. The summed E-state index contributed by atoms with van der Waals surface area (Å²) >= 11 is 3.18. The Labute approximate surface area is 96.8 Å². The number of rotatable bonds is 4. The smallest absolute Gasteiger partial charge is 0.172 e. The van der Waals surface area contributed by atoms with Crippen LogP contribution in [0.5, 0.6) is 11.5 Å². The van der Waals surface area contributed by atoms with Crippen LogP contribution >= 0.6 is 15.9 Å². The molecule has 0 spiro atoms. The van der Waals surface area contributed by atoms with Gasteiger partial charge >= 0.3 is 0 Å². The van der Waals surface area contributed by atoms with Gasteiger partial charge in [0.1, 0.15) is 0 Å². The van der Waals surface area contributed by atoms with E-state index in [4.69, 9.17) is 10.5 Å². The molecule has 4 N–H and O–H groups in total.